The molecular formula is C23H26F3N5. The van der Waals surface area contributed by atoms with Gasteiger partial charge in [0.15, 0.2) is 0 Å². The zero-order valence-corrected chi connectivity index (χ0v) is 17.9. The van der Waals surface area contributed by atoms with Gasteiger partial charge < -0.3 is 10.2 Å². The minimum atomic E-state index is -2.86. The van der Waals surface area contributed by atoms with Crippen LogP contribution in [0.5, 0.6) is 0 Å². The van der Waals surface area contributed by atoms with Gasteiger partial charge in [-0.25, -0.2) is 23.1 Å². The molecule has 3 aromatic rings. The molecule has 0 spiro atoms. The van der Waals surface area contributed by atoms with E-state index in [1.807, 2.05) is 6.07 Å². The second kappa shape index (κ2) is 8.78. The molecule has 5 nitrogen and oxygen atoms in total. The van der Waals surface area contributed by atoms with Crippen molar-refractivity contribution in [3.05, 3.63) is 58.9 Å². The number of likely N-dealkylation sites (N-methyl/N-ethyl adjacent to an activating group) is 1. The summed E-state index contributed by atoms with van der Waals surface area (Å²) in [6.45, 7) is 5.53. The molecule has 1 aliphatic heterocycles. The van der Waals surface area contributed by atoms with E-state index >= 15 is 0 Å². The number of hydrogen-bond donors (Lipinski definition) is 1. The molecule has 2 atom stereocenters. The molecule has 1 aromatic carbocycles. The number of nitrogens with zero attached hydrogens (tertiary/aromatic N) is 4. The van der Waals surface area contributed by atoms with E-state index in [0.29, 0.717) is 23.1 Å². The molecule has 3 heterocycles. The highest BCUT2D eigenvalue weighted by Gasteiger charge is 2.23. The maximum Gasteiger partial charge on any atom is 0.266 e. The summed E-state index contributed by atoms with van der Waals surface area (Å²) >= 11 is 0. The average Bonchev–Trinajstić information content (AvgIpc) is 2.73. The molecule has 0 saturated carbocycles. The standard InChI is InChI=1S/C23H26F3N5/c1-13(16-7-4-8-17(21(16)24)22(25)26)28-23-18-10-19(15-6-5-9-31(3)12-15)27-11-20(18)29-14(2)30-23/h4,7-8,10-11,13,15,22H,5-6,9,12H2,1-3H3,(H,28,29,30)/t13-,15+/m1/s1. The molecule has 1 N–H and O–H groups in total. The number of alkyl halides is 2. The van der Waals surface area contributed by atoms with Gasteiger partial charge in [0.25, 0.3) is 6.43 Å². The Morgan fingerprint density at radius 3 is 2.71 bits per heavy atom. The van der Waals surface area contributed by atoms with Crippen LogP contribution in [-0.2, 0) is 0 Å². The van der Waals surface area contributed by atoms with Crippen molar-refractivity contribution in [1.82, 2.24) is 19.9 Å². The van der Waals surface area contributed by atoms with Crippen LogP contribution >= 0.6 is 0 Å². The van der Waals surface area contributed by atoms with Crippen LogP contribution in [0.1, 0.15) is 60.8 Å². The molecule has 1 fully saturated rings. The number of benzene rings is 1. The first-order chi connectivity index (χ1) is 14.8. The number of pyridine rings is 1. The van der Waals surface area contributed by atoms with E-state index in [1.54, 1.807) is 20.0 Å². The average molecular weight is 429 g/mol. The smallest absolute Gasteiger partial charge is 0.266 e. The Bertz CT molecular complexity index is 1090. The van der Waals surface area contributed by atoms with Gasteiger partial charge >= 0.3 is 0 Å². The number of aromatic nitrogens is 3. The molecule has 0 bridgehead atoms. The summed E-state index contributed by atoms with van der Waals surface area (Å²) in [6.07, 6.45) is 1.08. The van der Waals surface area contributed by atoms with E-state index in [9.17, 15) is 13.2 Å². The van der Waals surface area contributed by atoms with Gasteiger partial charge in [0, 0.05) is 29.1 Å². The number of halogens is 3. The minimum Gasteiger partial charge on any atom is -0.363 e. The van der Waals surface area contributed by atoms with Gasteiger partial charge in [-0.15, -0.1) is 0 Å². The molecule has 164 valence electrons. The quantitative estimate of drug-likeness (QED) is 0.589. The van der Waals surface area contributed by atoms with Crippen molar-refractivity contribution in [1.29, 1.82) is 0 Å². The van der Waals surface area contributed by atoms with Crippen molar-refractivity contribution < 1.29 is 13.2 Å². The van der Waals surface area contributed by atoms with E-state index in [4.69, 9.17) is 0 Å². The van der Waals surface area contributed by atoms with Gasteiger partial charge in [-0.05, 0) is 46.3 Å². The van der Waals surface area contributed by atoms with E-state index in [1.165, 1.54) is 12.1 Å². The summed E-state index contributed by atoms with van der Waals surface area (Å²) in [5.74, 6) is 0.538. The lowest BCUT2D eigenvalue weighted by Crippen LogP contribution is -2.31. The topological polar surface area (TPSA) is 53.9 Å². The first kappa shape index (κ1) is 21.5. The number of aryl methyl sites for hydroxylation is 1. The first-order valence-electron chi connectivity index (χ1n) is 10.5. The van der Waals surface area contributed by atoms with Crippen molar-refractivity contribution in [2.75, 3.05) is 25.5 Å². The lowest BCUT2D eigenvalue weighted by atomic mass is 9.94. The zero-order valence-electron chi connectivity index (χ0n) is 17.9. The predicted molar refractivity (Wildman–Crippen MR) is 115 cm³/mol. The van der Waals surface area contributed by atoms with Crippen molar-refractivity contribution in [3.8, 4) is 0 Å². The largest absolute Gasteiger partial charge is 0.363 e. The summed E-state index contributed by atoms with van der Waals surface area (Å²) in [4.78, 5) is 15.9. The maximum atomic E-state index is 14.6. The summed E-state index contributed by atoms with van der Waals surface area (Å²) in [5, 5.41) is 4.01. The fourth-order valence-electron chi connectivity index (χ4n) is 4.26. The van der Waals surface area contributed by atoms with Crippen LogP contribution in [0.4, 0.5) is 19.0 Å². The van der Waals surface area contributed by atoms with Gasteiger partial charge in [-0.3, -0.25) is 4.98 Å². The fourth-order valence-corrected chi connectivity index (χ4v) is 4.26. The van der Waals surface area contributed by atoms with E-state index < -0.39 is 23.8 Å². The van der Waals surface area contributed by atoms with Crippen molar-refractivity contribution in [2.45, 2.75) is 45.1 Å². The highest BCUT2D eigenvalue weighted by molar-refractivity contribution is 5.89. The van der Waals surface area contributed by atoms with E-state index in [2.05, 4.69) is 32.2 Å². The second-order valence-corrected chi connectivity index (χ2v) is 8.26. The number of anilines is 1. The summed E-state index contributed by atoms with van der Waals surface area (Å²) in [7, 11) is 2.11. The van der Waals surface area contributed by atoms with Gasteiger partial charge in [0.2, 0.25) is 0 Å². The van der Waals surface area contributed by atoms with Gasteiger partial charge in [-0.2, -0.15) is 0 Å². The Kier molecular flexibility index (Phi) is 6.09. The number of fused-ring (bicyclic) bond motifs is 1. The monoisotopic (exact) mass is 429 g/mol. The number of piperidine rings is 1. The molecular weight excluding hydrogens is 403 g/mol. The highest BCUT2D eigenvalue weighted by Crippen LogP contribution is 2.32. The highest BCUT2D eigenvalue weighted by atomic mass is 19.3. The second-order valence-electron chi connectivity index (χ2n) is 8.26. The molecule has 31 heavy (non-hydrogen) atoms. The molecule has 0 amide bonds. The Hall–Kier alpha value is -2.74. The molecule has 0 unspecified atom stereocenters. The van der Waals surface area contributed by atoms with Crippen molar-refractivity contribution >= 4 is 16.7 Å². The number of rotatable bonds is 5. The SMILES string of the molecule is Cc1nc(N[C@H](C)c2cccc(C(F)F)c2F)c2cc([C@H]3CCCN(C)C3)ncc2n1. The third-order valence-corrected chi connectivity index (χ3v) is 5.87. The first-order valence-corrected chi connectivity index (χ1v) is 10.5. The third-order valence-electron chi connectivity index (χ3n) is 5.87. The van der Waals surface area contributed by atoms with Crippen LogP contribution in [0.2, 0.25) is 0 Å². The lowest BCUT2D eigenvalue weighted by molar-refractivity contribution is 0.146. The molecule has 0 radical (unpaired) electrons. The van der Waals surface area contributed by atoms with Crippen molar-refractivity contribution in [3.63, 3.8) is 0 Å². The Morgan fingerprint density at radius 2 is 1.97 bits per heavy atom. The maximum absolute atomic E-state index is 14.6. The number of hydrogen-bond acceptors (Lipinski definition) is 5. The Balaban J connectivity index is 1.70. The molecule has 2 aromatic heterocycles. The number of likely N-dealkylation sites (tertiary alicyclic amines) is 1. The zero-order chi connectivity index (χ0) is 22.1. The van der Waals surface area contributed by atoms with Gasteiger partial charge in [0.05, 0.1) is 23.3 Å². The normalized spacial score (nSPS) is 18.5. The minimum absolute atomic E-state index is 0.172. The van der Waals surface area contributed by atoms with E-state index in [0.717, 1.165) is 43.1 Å². The summed E-state index contributed by atoms with van der Waals surface area (Å²) < 4.78 is 40.9. The van der Waals surface area contributed by atoms with Crippen molar-refractivity contribution in [2.24, 2.45) is 0 Å². The number of nitrogens with one attached hydrogen (secondary N) is 1. The predicted octanol–water partition coefficient (Wildman–Crippen LogP) is 5.39. The van der Waals surface area contributed by atoms with Gasteiger partial charge in [-0.1, -0.05) is 18.2 Å². The third kappa shape index (κ3) is 4.49. The molecule has 8 heteroatoms. The van der Waals surface area contributed by atoms with Crippen LogP contribution in [0, 0.1) is 12.7 Å². The van der Waals surface area contributed by atoms with Crippen LogP contribution in [0.25, 0.3) is 10.9 Å². The lowest BCUT2D eigenvalue weighted by Gasteiger charge is -2.29. The fraction of sp³-hybridized carbons (Fsp3) is 0.435. The Labute approximate surface area is 179 Å². The Morgan fingerprint density at radius 1 is 1.19 bits per heavy atom. The van der Waals surface area contributed by atoms with Crippen LogP contribution in [-0.4, -0.2) is 40.0 Å². The summed E-state index contributed by atoms with van der Waals surface area (Å²) in [5.41, 5.74) is 1.25. The molecule has 1 aliphatic rings. The molecule has 0 aliphatic carbocycles. The molecule has 4 rings (SSSR count). The van der Waals surface area contributed by atoms with Crippen LogP contribution in [0.3, 0.4) is 0 Å². The van der Waals surface area contributed by atoms with Crippen LogP contribution in [0.15, 0.2) is 30.5 Å². The van der Waals surface area contributed by atoms with Gasteiger partial charge in [0.1, 0.15) is 17.5 Å². The van der Waals surface area contributed by atoms with E-state index in [-0.39, 0.29) is 5.56 Å². The molecule has 1 saturated heterocycles. The summed E-state index contributed by atoms with van der Waals surface area (Å²) in [6, 6.07) is 5.51. The van der Waals surface area contributed by atoms with Crippen LogP contribution < -0.4 is 5.32 Å².